The normalized spacial score (nSPS) is 13.8. The molecule has 2 aliphatic rings. The van der Waals surface area contributed by atoms with Crippen molar-refractivity contribution in [3.05, 3.63) is 70.4 Å². The Bertz CT molecular complexity index is 1350. The Balaban J connectivity index is 1.38. The van der Waals surface area contributed by atoms with Gasteiger partial charge in [0, 0.05) is 12.6 Å². The first-order valence-corrected chi connectivity index (χ1v) is 9.58. The highest BCUT2D eigenvalue weighted by molar-refractivity contribution is 6.22. The number of anilines is 1. The fourth-order valence-corrected chi connectivity index (χ4v) is 3.64. The summed E-state index contributed by atoms with van der Waals surface area (Å²) in [7, 11) is 1.59. The Morgan fingerprint density at radius 1 is 1.12 bits per heavy atom. The molecule has 0 atom stereocenters. The molecule has 0 fully saturated rings. The highest BCUT2D eigenvalue weighted by atomic mass is 16.7. The van der Waals surface area contributed by atoms with Crippen LogP contribution in [0.4, 0.5) is 5.82 Å². The van der Waals surface area contributed by atoms with Gasteiger partial charge >= 0.3 is 0 Å². The molecule has 3 heterocycles. The second-order valence-electron chi connectivity index (χ2n) is 7.24. The van der Waals surface area contributed by atoms with E-state index in [0.717, 1.165) is 4.90 Å². The van der Waals surface area contributed by atoms with Crippen LogP contribution in [0.3, 0.4) is 0 Å². The lowest BCUT2D eigenvalue weighted by Gasteiger charge is -2.14. The quantitative estimate of drug-likeness (QED) is 0.629. The number of nitrogens with one attached hydrogen (secondary N) is 1. The van der Waals surface area contributed by atoms with Crippen LogP contribution in [0.2, 0.25) is 0 Å². The Kier molecular flexibility index (Phi) is 4.37. The molecule has 0 saturated heterocycles. The van der Waals surface area contributed by atoms with Gasteiger partial charge < -0.3 is 14.8 Å². The molecule has 158 valence electrons. The lowest BCUT2D eigenvalue weighted by molar-refractivity contribution is 0.0642. The fourth-order valence-electron chi connectivity index (χ4n) is 3.64. The van der Waals surface area contributed by atoms with Gasteiger partial charge in [0.25, 0.3) is 17.7 Å². The number of carbonyl (C=O) groups is 3. The molecule has 0 aliphatic carbocycles. The Hall–Kier alpha value is -4.65. The fraction of sp³-hybridized carbons (Fsp3) is 0.136. The summed E-state index contributed by atoms with van der Waals surface area (Å²) in [6.07, 6.45) is 1.34. The van der Waals surface area contributed by atoms with Crippen molar-refractivity contribution < 1.29 is 23.9 Å². The van der Waals surface area contributed by atoms with Crippen molar-refractivity contribution in [3.8, 4) is 17.6 Å². The lowest BCUT2D eigenvalue weighted by Crippen LogP contribution is -2.29. The second-order valence-corrected chi connectivity index (χ2v) is 7.24. The average molecular weight is 429 g/mol. The van der Waals surface area contributed by atoms with Gasteiger partial charge in [0.15, 0.2) is 11.5 Å². The summed E-state index contributed by atoms with van der Waals surface area (Å²) in [5.41, 5.74) is 1.48. The van der Waals surface area contributed by atoms with Gasteiger partial charge in [-0.2, -0.15) is 10.4 Å². The number of fused-ring (bicyclic) bond motifs is 2. The smallest absolute Gasteiger partial charge is 0.261 e. The Morgan fingerprint density at radius 2 is 1.91 bits per heavy atom. The van der Waals surface area contributed by atoms with Gasteiger partial charge in [-0.05, 0) is 35.9 Å². The second kappa shape index (κ2) is 7.24. The molecule has 1 N–H and O–H groups in total. The number of rotatable bonds is 4. The molecule has 32 heavy (non-hydrogen) atoms. The standard InChI is InChI=1S/C22H15N5O5/c1-26-19(14(8-23)9-24-26)25-20(28)13-3-4-15-16(7-13)22(30)27(21(15)29)10-12-2-5-17-18(6-12)32-11-31-17/h2-7,9H,10-11H2,1H3,(H,25,28). The topological polar surface area (TPSA) is 127 Å². The van der Waals surface area contributed by atoms with Crippen molar-refractivity contribution in [3.63, 3.8) is 0 Å². The molecule has 0 bridgehead atoms. The number of ether oxygens (including phenoxy) is 2. The molecule has 0 radical (unpaired) electrons. The highest BCUT2D eigenvalue weighted by Gasteiger charge is 2.36. The van der Waals surface area contributed by atoms with Crippen molar-refractivity contribution in [1.82, 2.24) is 14.7 Å². The first-order chi connectivity index (χ1) is 15.5. The number of carbonyl (C=O) groups excluding carboxylic acids is 3. The van der Waals surface area contributed by atoms with Crippen molar-refractivity contribution >= 4 is 23.5 Å². The van der Waals surface area contributed by atoms with Crippen molar-refractivity contribution in [1.29, 1.82) is 5.26 Å². The van der Waals surface area contributed by atoms with Crippen LogP contribution in [0.1, 0.15) is 42.2 Å². The van der Waals surface area contributed by atoms with Crippen LogP contribution in [0.25, 0.3) is 0 Å². The molecular weight excluding hydrogens is 414 g/mol. The predicted octanol–water partition coefficient (Wildman–Crippen LogP) is 2.07. The van der Waals surface area contributed by atoms with Gasteiger partial charge in [0.2, 0.25) is 6.79 Å². The van der Waals surface area contributed by atoms with Gasteiger partial charge in [-0.25, -0.2) is 0 Å². The number of amides is 3. The summed E-state index contributed by atoms with van der Waals surface area (Å²) >= 11 is 0. The van der Waals surface area contributed by atoms with Crippen LogP contribution in [0, 0.1) is 11.3 Å². The van der Waals surface area contributed by atoms with Gasteiger partial charge in [0.05, 0.1) is 23.9 Å². The van der Waals surface area contributed by atoms with E-state index in [1.165, 1.54) is 29.1 Å². The van der Waals surface area contributed by atoms with E-state index in [-0.39, 0.29) is 41.4 Å². The number of nitrogens with zero attached hydrogens (tertiary/aromatic N) is 4. The van der Waals surface area contributed by atoms with E-state index < -0.39 is 17.7 Å². The maximum Gasteiger partial charge on any atom is 0.261 e. The summed E-state index contributed by atoms with van der Waals surface area (Å²) < 4.78 is 12.0. The molecule has 2 aliphatic heterocycles. The Labute approximate surface area is 181 Å². The zero-order valence-electron chi connectivity index (χ0n) is 16.8. The molecule has 3 aromatic rings. The van der Waals surface area contributed by atoms with Gasteiger partial charge in [0.1, 0.15) is 17.5 Å². The van der Waals surface area contributed by atoms with E-state index in [0.29, 0.717) is 17.1 Å². The van der Waals surface area contributed by atoms with Gasteiger partial charge in [-0.1, -0.05) is 6.07 Å². The van der Waals surface area contributed by atoms with E-state index in [4.69, 9.17) is 14.7 Å². The van der Waals surface area contributed by atoms with Crippen molar-refractivity contribution in [2.75, 3.05) is 12.1 Å². The van der Waals surface area contributed by atoms with Gasteiger partial charge in [-0.3, -0.25) is 24.0 Å². The first kappa shape index (κ1) is 19.3. The molecule has 10 heteroatoms. The van der Waals surface area contributed by atoms with Crippen LogP contribution in [-0.4, -0.2) is 39.2 Å². The maximum absolute atomic E-state index is 13.0. The van der Waals surface area contributed by atoms with Crippen LogP contribution >= 0.6 is 0 Å². The van der Waals surface area contributed by atoms with E-state index in [9.17, 15) is 14.4 Å². The summed E-state index contributed by atoms with van der Waals surface area (Å²) in [4.78, 5) is 39.6. The maximum atomic E-state index is 13.0. The zero-order chi connectivity index (χ0) is 22.4. The third-order valence-corrected chi connectivity index (χ3v) is 5.30. The molecule has 3 amide bonds. The van der Waals surface area contributed by atoms with Crippen molar-refractivity contribution in [2.24, 2.45) is 7.05 Å². The third kappa shape index (κ3) is 3.04. The number of imide groups is 1. The summed E-state index contributed by atoms with van der Waals surface area (Å²) in [6.45, 7) is 0.191. The highest BCUT2D eigenvalue weighted by Crippen LogP contribution is 2.34. The van der Waals surface area contributed by atoms with Crippen LogP contribution in [-0.2, 0) is 13.6 Å². The summed E-state index contributed by atoms with van der Waals surface area (Å²) in [5, 5.41) is 15.7. The zero-order valence-corrected chi connectivity index (χ0v) is 16.8. The minimum Gasteiger partial charge on any atom is -0.454 e. The number of aromatic nitrogens is 2. The predicted molar refractivity (Wildman–Crippen MR) is 109 cm³/mol. The molecule has 0 unspecified atom stereocenters. The molecular formula is C22H15N5O5. The van der Waals surface area contributed by atoms with Crippen LogP contribution < -0.4 is 14.8 Å². The molecule has 0 saturated carbocycles. The molecule has 10 nitrogen and oxygen atoms in total. The lowest BCUT2D eigenvalue weighted by atomic mass is 10.1. The number of hydrogen-bond donors (Lipinski definition) is 1. The van der Waals surface area contributed by atoms with Gasteiger partial charge in [-0.15, -0.1) is 0 Å². The van der Waals surface area contributed by atoms with E-state index in [1.54, 1.807) is 25.2 Å². The largest absolute Gasteiger partial charge is 0.454 e. The minimum absolute atomic E-state index is 0.0606. The molecule has 2 aromatic carbocycles. The molecule has 1 aromatic heterocycles. The van der Waals surface area contributed by atoms with E-state index >= 15 is 0 Å². The first-order valence-electron chi connectivity index (χ1n) is 9.58. The summed E-state index contributed by atoms with van der Waals surface area (Å²) in [6, 6.07) is 11.5. The monoisotopic (exact) mass is 429 g/mol. The summed E-state index contributed by atoms with van der Waals surface area (Å²) in [5.74, 6) is -0.0412. The number of nitriles is 1. The number of benzene rings is 2. The number of hydrogen-bond acceptors (Lipinski definition) is 7. The Morgan fingerprint density at radius 3 is 2.72 bits per heavy atom. The van der Waals surface area contributed by atoms with Crippen LogP contribution in [0.15, 0.2) is 42.6 Å². The van der Waals surface area contributed by atoms with E-state index in [2.05, 4.69) is 10.4 Å². The van der Waals surface area contributed by atoms with Crippen molar-refractivity contribution in [2.45, 2.75) is 6.54 Å². The molecule has 5 rings (SSSR count). The minimum atomic E-state index is -0.526. The SMILES string of the molecule is Cn1ncc(C#N)c1NC(=O)c1ccc2c(c1)C(=O)N(Cc1ccc3c(c1)OCO3)C2=O. The average Bonchev–Trinajstić information content (AvgIpc) is 3.47. The molecule has 0 spiro atoms. The third-order valence-electron chi connectivity index (χ3n) is 5.30. The number of aryl methyl sites for hydroxylation is 1. The van der Waals surface area contributed by atoms with E-state index in [1.807, 2.05) is 6.07 Å². The van der Waals surface area contributed by atoms with Crippen LogP contribution in [0.5, 0.6) is 11.5 Å².